The number of hydrogen-bond donors (Lipinski definition) is 0. The van der Waals surface area contributed by atoms with Crippen molar-refractivity contribution in [2.75, 3.05) is 6.26 Å². The zero-order valence-electron chi connectivity index (χ0n) is 11.7. The number of halogens is 1. The molecule has 22 heavy (non-hydrogen) atoms. The van der Waals surface area contributed by atoms with E-state index in [4.69, 9.17) is 11.6 Å². The van der Waals surface area contributed by atoms with Gasteiger partial charge in [0.2, 0.25) is 10.0 Å². The SMILES string of the molecule is CS(=O)(=O)n1cc(C(=O)c2cccc(Cl)c2)c2ccccc21. The number of rotatable bonds is 3. The second-order valence-electron chi connectivity index (χ2n) is 4.96. The van der Waals surface area contributed by atoms with Gasteiger partial charge in [0.25, 0.3) is 0 Å². The Kier molecular flexibility index (Phi) is 3.54. The van der Waals surface area contributed by atoms with Gasteiger partial charge in [-0.3, -0.25) is 4.79 Å². The van der Waals surface area contributed by atoms with Crippen LogP contribution in [0.2, 0.25) is 5.02 Å². The summed E-state index contributed by atoms with van der Waals surface area (Å²) in [6, 6.07) is 13.5. The molecule has 0 amide bonds. The predicted octanol–water partition coefficient (Wildman–Crippen LogP) is 3.33. The fourth-order valence-corrected chi connectivity index (χ4v) is 3.39. The molecule has 0 atom stereocenters. The summed E-state index contributed by atoms with van der Waals surface area (Å²) in [6.45, 7) is 0. The molecule has 3 rings (SSSR count). The van der Waals surface area contributed by atoms with Crippen LogP contribution in [0.4, 0.5) is 0 Å². The van der Waals surface area contributed by atoms with Crippen molar-refractivity contribution in [2.24, 2.45) is 0 Å². The maximum Gasteiger partial charge on any atom is 0.236 e. The van der Waals surface area contributed by atoms with Gasteiger partial charge in [0.15, 0.2) is 5.78 Å². The Morgan fingerprint density at radius 2 is 1.82 bits per heavy atom. The van der Waals surface area contributed by atoms with E-state index in [0.29, 0.717) is 27.1 Å². The Labute approximate surface area is 133 Å². The lowest BCUT2D eigenvalue weighted by Gasteiger charge is -2.00. The molecule has 0 aliphatic carbocycles. The van der Waals surface area contributed by atoms with Crippen LogP contribution in [0, 0.1) is 0 Å². The highest BCUT2D eigenvalue weighted by Crippen LogP contribution is 2.25. The first kappa shape index (κ1) is 14.8. The van der Waals surface area contributed by atoms with Crippen LogP contribution in [-0.2, 0) is 10.0 Å². The molecule has 0 aliphatic heterocycles. The summed E-state index contributed by atoms with van der Waals surface area (Å²) in [5.74, 6) is -0.263. The van der Waals surface area contributed by atoms with Crippen LogP contribution in [0.25, 0.3) is 10.9 Å². The van der Waals surface area contributed by atoms with Crippen molar-refractivity contribution in [3.63, 3.8) is 0 Å². The molecule has 2 aromatic carbocycles. The van der Waals surface area contributed by atoms with Crippen molar-refractivity contribution >= 4 is 38.3 Å². The van der Waals surface area contributed by atoms with Crippen LogP contribution >= 0.6 is 11.6 Å². The number of carbonyl (C=O) groups excluding carboxylic acids is 1. The van der Waals surface area contributed by atoms with Crippen molar-refractivity contribution in [1.29, 1.82) is 0 Å². The lowest BCUT2D eigenvalue weighted by molar-refractivity contribution is 0.104. The van der Waals surface area contributed by atoms with Gasteiger partial charge in [0, 0.05) is 27.7 Å². The van der Waals surface area contributed by atoms with Gasteiger partial charge < -0.3 is 0 Å². The maximum absolute atomic E-state index is 12.7. The molecule has 1 heterocycles. The molecule has 0 fully saturated rings. The van der Waals surface area contributed by atoms with Gasteiger partial charge >= 0.3 is 0 Å². The number of fused-ring (bicyclic) bond motifs is 1. The van der Waals surface area contributed by atoms with E-state index in [0.717, 1.165) is 10.2 Å². The minimum atomic E-state index is -3.49. The Balaban J connectivity index is 2.26. The Hall–Kier alpha value is -2.11. The minimum Gasteiger partial charge on any atom is -0.289 e. The molecule has 4 nitrogen and oxygen atoms in total. The summed E-state index contributed by atoms with van der Waals surface area (Å²) < 4.78 is 24.9. The van der Waals surface area contributed by atoms with Crippen molar-refractivity contribution < 1.29 is 13.2 Å². The number of para-hydroxylation sites is 1. The molecule has 0 spiro atoms. The molecule has 112 valence electrons. The molecular formula is C16H12ClNO3S. The molecule has 6 heteroatoms. The Morgan fingerprint density at radius 1 is 1.09 bits per heavy atom. The molecule has 0 N–H and O–H groups in total. The van der Waals surface area contributed by atoms with Gasteiger partial charge in [-0.2, -0.15) is 0 Å². The monoisotopic (exact) mass is 333 g/mol. The first-order valence-electron chi connectivity index (χ1n) is 6.49. The van der Waals surface area contributed by atoms with Crippen molar-refractivity contribution in [3.05, 3.63) is 70.9 Å². The minimum absolute atomic E-state index is 0.263. The third kappa shape index (κ3) is 2.53. The highest BCUT2D eigenvalue weighted by Gasteiger charge is 2.20. The van der Waals surface area contributed by atoms with Gasteiger partial charge in [-0.25, -0.2) is 12.4 Å². The zero-order valence-corrected chi connectivity index (χ0v) is 13.2. The highest BCUT2D eigenvalue weighted by atomic mass is 35.5. The second kappa shape index (κ2) is 5.26. The third-order valence-electron chi connectivity index (χ3n) is 3.37. The summed E-state index contributed by atoms with van der Waals surface area (Å²) in [5, 5.41) is 1.05. The summed E-state index contributed by atoms with van der Waals surface area (Å²) in [4.78, 5) is 12.7. The average molecular weight is 334 g/mol. The van der Waals surface area contributed by atoms with Crippen LogP contribution in [-0.4, -0.2) is 24.4 Å². The maximum atomic E-state index is 12.7. The van der Waals surface area contributed by atoms with Crippen LogP contribution in [0.1, 0.15) is 15.9 Å². The van der Waals surface area contributed by atoms with E-state index >= 15 is 0 Å². The summed E-state index contributed by atoms with van der Waals surface area (Å²) >= 11 is 5.92. The van der Waals surface area contributed by atoms with E-state index in [1.165, 1.54) is 6.20 Å². The summed E-state index contributed by atoms with van der Waals surface area (Å²) in [5.41, 5.74) is 1.24. The standard InChI is InChI=1S/C16H12ClNO3S/c1-22(20,21)18-10-14(13-7-2-3-8-15(13)18)16(19)11-5-4-6-12(17)9-11/h2-10H,1H3. The smallest absolute Gasteiger partial charge is 0.236 e. The molecule has 0 unspecified atom stereocenters. The van der Waals surface area contributed by atoms with Gasteiger partial charge in [-0.1, -0.05) is 41.9 Å². The number of benzene rings is 2. The predicted molar refractivity (Wildman–Crippen MR) is 87.1 cm³/mol. The number of carbonyl (C=O) groups is 1. The summed E-state index contributed by atoms with van der Waals surface area (Å²) in [7, 11) is -3.49. The van der Waals surface area contributed by atoms with E-state index in [9.17, 15) is 13.2 Å². The van der Waals surface area contributed by atoms with E-state index in [2.05, 4.69) is 0 Å². The number of nitrogens with zero attached hydrogens (tertiary/aromatic N) is 1. The average Bonchev–Trinajstić information content (AvgIpc) is 2.86. The lowest BCUT2D eigenvalue weighted by atomic mass is 10.0. The Bertz CT molecular complexity index is 990. The Morgan fingerprint density at radius 3 is 2.50 bits per heavy atom. The molecule has 0 saturated carbocycles. The molecule has 1 aromatic heterocycles. The molecule has 0 aliphatic rings. The second-order valence-corrected chi connectivity index (χ2v) is 7.25. The fourth-order valence-electron chi connectivity index (χ4n) is 2.39. The normalized spacial score (nSPS) is 11.7. The lowest BCUT2D eigenvalue weighted by Crippen LogP contribution is -2.08. The van der Waals surface area contributed by atoms with Crippen LogP contribution in [0.3, 0.4) is 0 Å². The first-order chi connectivity index (χ1) is 10.4. The van der Waals surface area contributed by atoms with E-state index < -0.39 is 10.0 Å². The van der Waals surface area contributed by atoms with Crippen LogP contribution < -0.4 is 0 Å². The molecule has 0 bridgehead atoms. The summed E-state index contributed by atoms with van der Waals surface area (Å²) in [6.07, 6.45) is 2.47. The van der Waals surface area contributed by atoms with Crippen LogP contribution in [0.5, 0.6) is 0 Å². The molecule has 0 saturated heterocycles. The van der Waals surface area contributed by atoms with Crippen LogP contribution in [0.15, 0.2) is 54.7 Å². The first-order valence-corrected chi connectivity index (χ1v) is 8.71. The topological polar surface area (TPSA) is 56.1 Å². The molecule has 3 aromatic rings. The molecule has 0 radical (unpaired) electrons. The van der Waals surface area contributed by atoms with Gasteiger partial charge in [0.1, 0.15) is 0 Å². The number of ketones is 1. The van der Waals surface area contributed by atoms with E-state index in [1.54, 1.807) is 48.5 Å². The van der Waals surface area contributed by atoms with Crippen molar-refractivity contribution in [3.8, 4) is 0 Å². The van der Waals surface area contributed by atoms with Crippen molar-refractivity contribution in [1.82, 2.24) is 3.97 Å². The third-order valence-corrected chi connectivity index (χ3v) is 4.62. The quantitative estimate of drug-likeness (QED) is 0.691. The zero-order chi connectivity index (χ0) is 15.9. The van der Waals surface area contributed by atoms with Crippen molar-refractivity contribution in [2.45, 2.75) is 0 Å². The van der Waals surface area contributed by atoms with Gasteiger partial charge in [0.05, 0.1) is 11.8 Å². The molecular weight excluding hydrogens is 322 g/mol. The van der Waals surface area contributed by atoms with Gasteiger partial charge in [-0.15, -0.1) is 0 Å². The largest absolute Gasteiger partial charge is 0.289 e. The van der Waals surface area contributed by atoms with E-state index in [-0.39, 0.29) is 5.78 Å². The number of hydrogen-bond acceptors (Lipinski definition) is 3. The highest BCUT2D eigenvalue weighted by molar-refractivity contribution is 7.89. The van der Waals surface area contributed by atoms with E-state index in [1.807, 2.05) is 0 Å². The van der Waals surface area contributed by atoms with Gasteiger partial charge in [-0.05, 0) is 18.2 Å². The fraction of sp³-hybridized carbons (Fsp3) is 0.0625. The number of aromatic nitrogens is 1.